The molecule has 0 aliphatic rings. The Hall–Kier alpha value is -2.16. The lowest BCUT2D eigenvalue weighted by Crippen LogP contribution is -2.13. The molecule has 0 rings (SSSR count). The Labute approximate surface area is 147 Å². The molecule has 0 saturated carbocycles. The highest BCUT2D eigenvalue weighted by molar-refractivity contribution is 5.21. The van der Waals surface area contributed by atoms with E-state index in [1.54, 1.807) is 12.2 Å². The van der Waals surface area contributed by atoms with Gasteiger partial charge in [-0.15, -0.1) is 0 Å². The molecule has 0 aromatic rings. The number of hydrogen-bond donors (Lipinski definition) is 0. The zero-order valence-electron chi connectivity index (χ0n) is 14.8. The normalized spacial score (nSPS) is 14.0. The van der Waals surface area contributed by atoms with Crippen LogP contribution in [0.15, 0.2) is 98.2 Å². The molecule has 0 spiro atoms. The average Bonchev–Trinajstić information content (AvgIpc) is 2.59. The van der Waals surface area contributed by atoms with Crippen LogP contribution in [0.1, 0.15) is 19.8 Å². The summed E-state index contributed by atoms with van der Waals surface area (Å²) < 4.78 is 11.2. The van der Waals surface area contributed by atoms with E-state index in [4.69, 9.17) is 9.47 Å². The highest BCUT2D eigenvalue weighted by Crippen LogP contribution is 2.06. The van der Waals surface area contributed by atoms with E-state index in [1.165, 1.54) is 0 Å². The monoisotopic (exact) mass is 326 g/mol. The predicted octanol–water partition coefficient (Wildman–Crippen LogP) is 5.86. The maximum Gasteiger partial charge on any atom is 0.155 e. The van der Waals surface area contributed by atoms with Gasteiger partial charge in [0.25, 0.3) is 0 Å². The van der Waals surface area contributed by atoms with E-state index in [1.807, 2.05) is 55.5 Å². The van der Waals surface area contributed by atoms with Crippen molar-refractivity contribution in [1.82, 2.24) is 0 Å². The molecule has 0 N–H and O–H groups in total. The summed E-state index contributed by atoms with van der Waals surface area (Å²) in [5.74, 6) is 0. The van der Waals surface area contributed by atoms with Crippen molar-refractivity contribution < 1.29 is 9.47 Å². The highest BCUT2D eigenvalue weighted by atomic mass is 16.7. The molecule has 0 atom stereocenters. The van der Waals surface area contributed by atoms with Crippen LogP contribution in [0.4, 0.5) is 0 Å². The Morgan fingerprint density at radius 2 is 1.21 bits per heavy atom. The first-order valence-electron chi connectivity index (χ1n) is 8.09. The summed E-state index contributed by atoms with van der Waals surface area (Å²) in [5.41, 5.74) is 2.23. The van der Waals surface area contributed by atoms with Crippen molar-refractivity contribution in [1.29, 1.82) is 0 Å². The van der Waals surface area contributed by atoms with Gasteiger partial charge in [-0.25, -0.2) is 0 Å². The summed E-state index contributed by atoms with van der Waals surface area (Å²) in [5, 5.41) is 0. The quantitative estimate of drug-likeness (QED) is 0.294. The lowest BCUT2D eigenvalue weighted by molar-refractivity contribution is -0.114. The van der Waals surface area contributed by atoms with Gasteiger partial charge in [-0.1, -0.05) is 87.1 Å². The topological polar surface area (TPSA) is 18.5 Å². The van der Waals surface area contributed by atoms with Crippen molar-refractivity contribution in [3.05, 3.63) is 98.2 Å². The fourth-order valence-electron chi connectivity index (χ4n) is 1.73. The van der Waals surface area contributed by atoms with E-state index in [-0.39, 0.29) is 6.29 Å². The molecule has 0 radical (unpaired) electrons. The minimum absolute atomic E-state index is 0.276. The van der Waals surface area contributed by atoms with Gasteiger partial charge in [0.15, 0.2) is 6.29 Å². The van der Waals surface area contributed by atoms with Crippen LogP contribution in [0, 0.1) is 0 Å². The maximum absolute atomic E-state index is 5.62. The first kappa shape index (κ1) is 21.8. The van der Waals surface area contributed by atoms with Crippen LogP contribution in [-0.4, -0.2) is 19.5 Å². The molecule has 0 amide bonds. The van der Waals surface area contributed by atoms with Crippen molar-refractivity contribution in [2.45, 2.75) is 26.1 Å². The molecular formula is C22H30O2. The smallest absolute Gasteiger partial charge is 0.155 e. The van der Waals surface area contributed by atoms with Gasteiger partial charge in [0, 0.05) is 0 Å². The largest absolute Gasteiger partial charge is 0.349 e. The molecule has 130 valence electrons. The van der Waals surface area contributed by atoms with Crippen molar-refractivity contribution >= 4 is 0 Å². The van der Waals surface area contributed by atoms with Gasteiger partial charge in [-0.3, -0.25) is 0 Å². The van der Waals surface area contributed by atoms with E-state index >= 15 is 0 Å². The van der Waals surface area contributed by atoms with Crippen LogP contribution in [0.3, 0.4) is 0 Å². The third-order valence-electron chi connectivity index (χ3n) is 3.13. The second-order valence-corrected chi connectivity index (χ2v) is 4.94. The lowest BCUT2D eigenvalue weighted by Gasteiger charge is -2.12. The summed E-state index contributed by atoms with van der Waals surface area (Å²) in [6, 6.07) is 0. The van der Waals surface area contributed by atoms with Crippen LogP contribution in [-0.2, 0) is 9.47 Å². The second-order valence-electron chi connectivity index (χ2n) is 4.94. The zero-order valence-corrected chi connectivity index (χ0v) is 14.8. The molecule has 0 aliphatic heterocycles. The van der Waals surface area contributed by atoms with Gasteiger partial charge < -0.3 is 9.47 Å². The third kappa shape index (κ3) is 12.4. The maximum atomic E-state index is 5.62. The first-order valence-corrected chi connectivity index (χ1v) is 8.09. The molecule has 0 fully saturated rings. The van der Waals surface area contributed by atoms with E-state index < -0.39 is 0 Å². The molecule has 0 saturated heterocycles. The van der Waals surface area contributed by atoms with Crippen LogP contribution in [0.2, 0.25) is 0 Å². The molecule has 0 aliphatic carbocycles. The number of allylic oxidation sites excluding steroid dienone is 10. The summed E-state index contributed by atoms with van der Waals surface area (Å²) in [6.45, 7) is 17.8. The Bertz CT molecular complexity index is 458. The lowest BCUT2D eigenvalue weighted by atomic mass is 10.1. The van der Waals surface area contributed by atoms with E-state index in [2.05, 4.69) is 26.3 Å². The van der Waals surface area contributed by atoms with Gasteiger partial charge >= 0.3 is 0 Å². The molecule has 0 aromatic heterocycles. The van der Waals surface area contributed by atoms with Gasteiger partial charge in [-0.2, -0.15) is 0 Å². The Morgan fingerprint density at radius 3 is 1.54 bits per heavy atom. The fraction of sp³-hybridized carbons (Fsp3) is 0.273. The van der Waals surface area contributed by atoms with Gasteiger partial charge in [0.2, 0.25) is 0 Å². The minimum Gasteiger partial charge on any atom is -0.349 e. The second kappa shape index (κ2) is 15.7. The third-order valence-corrected chi connectivity index (χ3v) is 3.13. The van der Waals surface area contributed by atoms with Crippen LogP contribution < -0.4 is 0 Å². The Kier molecular flexibility index (Phi) is 14.3. The SMILES string of the molecule is C=CC=CCC(C=C)=CCOC(C)OCC=C(C=C)CC=CC=C. The van der Waals surface area contributed by atoms with E-state index in [0.29, 0.717) is 13.2 Å². The zero-order chi connectivity index (χ0) is 18.0. The standard InChI is InChI=1S/C22H30O2/c1-6-10-12-14-21(8-3)16-18-23-20(5)24-19-17-22(9-4)15-13-11-7-2/h6-13,16-17,20H,1-4,14-15,18-19H2,5H3. The van der Waals surface area contributed by atoms with Gasteiger partial charge in [0.05, 0.1) is 13.2 Å². The summed E-state index contributed by atoms with van der Waals surface area (Å²) in [7, 11) is 0. The molecule has 0 aromatic carbocycles. The Morgan fingerprint density at radius 1 is 0.792 bits per heavy atom. The van der Waals surface area contributed by atoms with Crippen molar-refractivity contribution in [3.8, 4) is 0 Å². The summed E-state index contributed by atoms with van der Waals surface area (Å²) in [4.78, 5) is 0. The van der Waals surface area contributed by atoms with Gasteiger partial charge in [0.1, 0.15) is 0 Å². The van der Waals surface area contributed by atoms with Crippen molar-refractivity contribution in [2.24, 2.45) is 0 Å². The van der Waals surface area contributed by atoms with Gasteiger partial charge in [-0.05, 0) is 30.9 Å². The van der Waals surface area contributed by atoms with Crippen LogP contribution in [0.5, 0.6) is 0 Å². The predicted molar refractivity (Wildman–Crippen MR) is 106 cm³/mol. The fourth-order valence-corrected chi connectivity index (χ4v) is 1.73. The van der Waals surface area contributed by atoms with E-state index in [9.17, 15) is 0 Å². The molecule has 0 bridgehead atoms. The summed E-state index contributed by atoms with van der Waals surface area (Å²) in [6.07, 6.45) is 20.4. The minimum atomic E-state index is -0.276. The van der Waals surface area contributed by atoms with E-state index in [0.717, 1.165) is 24.0 Å². The molecule has 0 unspecified atom stereocenters. The van der Waals surface area contributed by atoms with Crippen molar-refractivity contribution in [2.75, 3.05) is 13.2 Å². The van der Waals surface area contributed by atoms with Crippen LogP contribution in [0.25, 0.3) is 0 Å². The molecule has 24 heavy (non-hydrogen) atoms. The van der Waals surface area contributed by atoms with Crippen molar-refractivity contribution in [3.63, 3.8) is 0 Å². The molecule has 2 nitrogen and oxygen atoms in total. The number of rotatable bonds is 14. The highest BCUT2D eigenvalue weighted by Gasteiger charge is 2.00. The number of hydrogen-bond acceptors (Lipinski definition) is 2. The molecule has 2 heteroatoms. The first-order chi connectivity index (χ1) is 11.7. The number of ether oxygens (including phenoxy) is 2. The average molecular weight is 326 g/mol. The molecule has 0 heterocycles. The molecular weight excluding hydrogens is 296 g/mol. The summed E-state index contributed by atoms with van der Waals surface area (Å²) >= 11 is 0. The van der Waals surface area contributed by atoms with Crippen LogP contribution >= 0.6 is 0 Å². The Balaban J connectivity index is 4.17.